The first kappa shape index (κ1) is 21.3. The van der Waals surface area contributed by atoms with Crippen molar-refractivity contribution in [2.75, 3.05) is 11.9 Å². The lowest BCUT2D eigenvalue weighted by Gasteiger charge is -2.10. The number of nitrogens with one attached hydrogen (secondary N) is 1. The van der Waals surface area contributed by atoms with Crippen LogP contribution in [0.2, 0.25) is 0 Å². The van der Waals surface area contributed by atoms with E-state index in [1.165, 1.54) is 0 Å². The van der Waals surface area contributed by atoms with Crippen LogP contribution in [-0.2, 0) is 6.54 Å². The number of hydrogen-bond donors (Lipinski definition) is 1. The molecule has 4 rings (SSSR count). The van der Waals surface area contributed by atoms with E-state index in [9.17, 15) is 4.79 Å². The fourth-order valence-electron chi connectivity index (χ4n) is 3.40. The summed E-state index contributed by atoms with van der Waals surface area (Å²) >= 11 is 0. The Morgan fingerprint density at radius 3 is 2.62 bits per heavy atom. The van der Waals surface area contributed by atoms with Gasteiger partial charge >= 0.3 is 0 Å². The van der Waals surface area contributed by atoms with Crippen LogP contribution in [0, 0.1) is 20.8 Å². The van der Waals surface area contributed by atoms with Gasteiger partial charge < -0.3 is 14.5 Å². The second kappa shape index (κ2) is 9.05. The fourth-order valence-corrected chi connectivity index (χ4v) is 3.40. The maximum Gasteiger partial charge on any atom is 0.278 e. The van der Waals surface area contributed by atoms with E-state index in [4.69, 9.17) is 9.15 Å². The normalized spacial score (nSPS) is 10.9. The van der Waals surface area contributed by atoms with Gasteiger partial charge in [0.2, 0.25) is 5.89 Å². The highest BCUT2D eigenvalue weighted by Gasteiger charge is 2.20. The molecule has 1 N–H and O–H groups in total. The Morgan fingerprint density at radius 1 is 1.09 bits per heavy atom. The number of aromatic nitrogens is 4. The van der Waals surface area contributed by atoms with Crippen LogP contribution in [0.4, 0.5) is 5.69 Å². The molecule has 1 amide bonds. The van der Waals surface area contributed by atoms with Gasteiger partial charge in [0, 0.05) is 5.56 Å². The molecule has 8 nitrogen and oxygen atoms in total. The average molecular weight is 431 g/mol. The largest absolute Gasteiger partial charge is 0.492 e. The standard InChI is InChI=1S/C24H25N5O3/c1-5-31-21-13-9-8-12-19(21)25-23(30)22-16(3)29(28-27-22)14-20-17(4)32-24(26-20)18-11-7-6-10-15(18)2/h6-13H,5,14H2,1-4H3,(H,25,30). The van der Waals surface area contributed by atoms with Crippen molar-refractivity contribution in [1.82, 2.24) is 20.0 Å². The third-order valence-corrected chi connectivity index (χ3v) is 5.20. The molecule has 0 bridgehead atoms. The lowest BCUT2D eigenvalue weighted by Crippen LogP contribution is -2.15. The minimum atomic E-state index is -0.349. The van der Waals surface area contributed by atoms with Crippen LogP contribution in [-0.4, -0.2) is 32.5 Å². The topological polar surface area (TPSA) is 95.1 Å². The van der Waals surface area contributed by atoms with Gasteiger partial charge in [-0.15, -0.1) is 5.10 Å². The number of nitrogens with zero attached hydrogens (tertiary/aromatic N) is 4. The molecule has 0 fully saturated rings. The third-order valence-electron chi connectivity index (χ3n) is 5.20. The number of anilines is 1. The van der Waals surface area contributed by atoms with Gasteiger partial charge in [-0.25, -0.2) is 9.67 Å². The zero-order chi connectivity index (χ0) is 22.7. The molecule has 0 saturated heterocycles. The van der Waals surface area contributed by atoms with Crippen LogP contribution in [0.25, 0.3) is 11.5 Å². The van der Waals surface area contributed by atoms with Gasteiger partial charge in [-0.1, -0.05) is 35.5 Å². The van der Waals surface area contributed by atoms with E-state index >= 15 is 0 Å². The number of rotatable bonds is 7. The minimum absolute atomic E-state index is 0.247. The number of carbonyl (C=O) groups excluding carboxylic acids is 1. The summed E-state index contributed by atoms with van der Waals surface area (Å²) in [7, 11) is 0. The SMILES string of the molecule is CCOc1ccccc1NC(=O)c1nnn(Cc2nc(-c3ccccc3C)oc2C)c1C. The number of ether oxygens (including phenoxy) is 1. The molecular weight excluding hydrogens is 406 g/mol. The Balaban J connectivity index is 1.54. The lowest BCUT2D eigenvalue weighted by molar-refractivity contribution is 0.102. The molecule has 0 aliphatic carbocycles. The van der Waals surface area contributed by atoms with Crippen LogP contribution in [0.15, 0.2) is 52.9 Å². The number of aryl methyl sites for hydroxylation is 2. The molecular formula is C24H25N5O3. The van der Waals surface area contributed by atoms with Gasteiger partial charge in [0.25, 0.3) is 5.91 Å². The van der Waals surface area contributed by atoms with E-state index in [2.05, 4.69) is 20.6 Å². The Bertz CT molecular complexity index is 1260. The summed E-state index contributed by atoms with van der Waals surface area (Å²) in [6.07, 6.45) is 0. The maximum atomic E-state index is 12.8. The monoisotopic (exact) mass is 431 g/mol. The molecule has 2 aromatic heterocycles. The van der Waals surface area contributed by atoms with Gasteiger partial charge in [0.05, 0.1) is 24.5 Å². The molecule has 0 radical (unpaired) electrons. The van der Waals surface area contributed by atoms with Crippen molar-refractivity contribution in [1.29, 1.82) is 0 Å². The predicted molar refractivity (Wildman–Crippen MR) is 121 cm³/mol. The molecule has 0 aliphatic heterocycles. The number of benzene rings is 2. The lowest BCUT2D eigenvalue weighted by atomic mass is 10.1. The van der Waals surface area contributed by atoms with Crippen molar-refractivity contribution in [3.05, 3.63) is 76.9 Å². The van der Waals surface area contributed by atoms with E-state index in [-0.39, 0.29) is 11.6 Å². The van der Waals surface area contributed by atoms with Gasteiger partial charge in [-0.3, -0.25) is 4.79 Å². The molecule has 4 aromatic rings. The predicted octanol–water partition coefficient (Wildman–Crippen LogP) is 4.56. The van der Waals surface area contributed by atoms with Crippen molar-refractivity contribution < 1.29 is 13.9 Å². The molecule has 2 heterocycles. The molecule has 164 valence electrons. The van der Waals surface area contributed by atoms with Crippen LogP contribution in [0.5, 0.6) is 5.75 Å². The smallest absolute Gasteiger partial charge is 0.278 e. The summed E-state index contributed by atoms with van der Waals surface area (Å²) < 4.78 is 13.1. The molecule has 0 unspecified atom stereocenters. The van der Waals surface area contributed by atoms with Crippen molar-refractivity contribution in [2.45, 2.75) is 34.2 Å². The molecule has 0 aliphatic rings. The average Bonchev–Trinajstić information content (AvgIpc) is 3.33. The van der Waals surface area contributed by atoms with Crippen LogP contribution in [0.3, 0.4) is 0 Å². The van der Waals surface area contributed by atoms with Crippen LogP contribution >= 0.6 is 0 Å². The first-order chi connectivity index (χ1) is 15.5. The third kappa shape index (κ3) is 4.25. The van der Waals surface area contributed by atoms with Crippen molar-refractivity contribution >= 4 is 11.6 Å². The zero-order valence-corrected chi connectivity index (χ0v) is 18.5. The Hall–Kier alpha value is -3.94. The van der Waals surface area contributed by atoms with Crippen molar-refractivity contribution in [3.63, 3.8) is 0 Å². The quantitative estimate of drug-likeness (QED) is 0.461. The summed E-state index contributed by atoms with van der Waals surface area (Å²) in [5.41, 5.74) is 4.25. The number of amides is 1. The summed E-state index contributed by atoms with van der Waals surface area (Å²) in [5.74, 6) is 1.53. The van der Waals surface area contributed by atoms with Crippen molar-refractivity contribution in [3.8, 4) is 17.2 Å². The first-order valence-electron chi connectivity index (χ1n) is 10.4. The second-order valence-electron chi connectivity index (χ2n) is 7.40. The van der Waals surface area contributed by atoms with E-state index < -0.39 is 0 Å². The van der Waals surface area contributed by atoms with Gasteiger partial charge in [-0.2, -0.15) is 0 Å². The van der Waals surface area contributed by atoms with E-state index in [1.54, 1.807) is 17.7 Å². The maximum absolute atomic E-state index is 12.8. The number of para-hydroxylation sites is 2. The van der Waals surface area contributed by atoms with E-state index in [0.29, 0.717) is 41.9 Å². The van der Waals surface area contributed by atoms with E-state index in [0.717, 1.165) is 16.8 Å². The van der Waals surface area contributed by atoms with Crippen molar-refractivity contribution in [2.24, 2.45) is 0 Å². The van der Waals surface area contributed by atoms with E-state index in [1.807, 2.05) is 63.2 Å². The molecule has 2 aromatic carbocycles. The summed E-state index contributed by atoms with van der Waals surface area (Å²) in [6.45, 7) is 8.44. The second-order valence-corrected chi connectivity index (χ2v) is 7.40. The minimum Gasteiger partial charge on any atom is -0.492 e. The number of carbonyl (C=O) groups is 1. The Morgan fingerprint density at radius 2 is 1.84 bits per heavy atom. The molecule has 0 saturated carbocycles. The zero-order valence-electron chi connectivity index (χ0n) is 18.5. The Labute approximate surface area is 186 Å². The summed E-state index contributed by atoms with van der Waals surface area (Å²) in [4.78, 5) is 17.5. The van der Waals surface area contributed by atoms with Crippen LogP contribution in [0.1, 0.15) is 40.1 Å². The molecule has 0 spiro atoms. The molecule has 8 heteroatoms. The Kier molecular flexibility index (Phi) is 6.02. The summed E-state index contributed by atoms with van der Waals surface area (Å²) in [6, 6.07) is 15.2. The number of oxazole rings is 1. The van der Waals surface area contributed by atoms with Gasteiger partial charge in [-0.05, 0) is 51.5 Å². The van der Waals surface area contributed by atoms with Gasteiger partial charge in [0.1, 0.15) is 17.2 Å². The highest BCUT2D eigenvalue weighted by molar-refractivity contribution is 6.04. The number of hydrogen-bond acceptors (Lipinski definition) is 6. The fraction of sp³-hybridized carbons (Fsp3) is 0.250. The van der Waals surface area contributed by atoms with Crippen LogP contribution < -0.4 is 10.1 Å². The highest BCUT2D eigenvalue weighted by atomic mass is 16.5. The molecule has 0 atom stereocenters. The first-order valence-corrected chi connectivity index (χ1v) is 10.4. The highest BCUT2D eigenvalue weighted by Crippen LogP contribution is 2.26. The molecule has 32 heavy (non-hydrogen) atoms. The van der Waals surface area contributed by atoms with Gasteiger partial charge in [0.15, 0.2) is 5.69 Å². The summed E-state index contributed by atoms with van der Waals surface area (Å²) in [5, 5.41) is 11.1.